The van der Waals surface area contributed by atoms with E-state index in [1.165, 1.54) is 5.69 Å². The molecule has 2 unspecified atom stereocenters. The van der Waals surface area contributed by atoms with Gasteiger partial charge in [-0.1, -0.05) is 13.8 Å². The summed E-state index contributed by atoms with van der Waals surface area (Å²) in [5.41, 5.74) is 1.30. The fourth-order valence-corrected chi connectivity index (χ4v) is 2.16. The van der Waals surface area contributed by atoms with Gasteiger partial charge in [0.2, 0.25) is 0 Å². The Labute approximate surface area is 91.1 Å². The van der Waals surface area contributed by atoms with E-state index in [1.54, 1.807) is 0 Å². The van der Waals surface area contributed by atoms with Crippen molar-refractivity contribution >= 4 is 0 Å². The second kappa shape index (κ2) is 3.65. The van der Waals surface area contributed by atoms with E-state index in [9.17, 15) is 5.11 Å². The summed E-state index contributed by atoms with van der Waals surface area (Å²) in [5.74, 6) is 0. The number of aryl methyl sites for hydroxylation is 1. The molecule has 0 saturated heterocycles. The molecule has 1 aromatic heterocycles. The first-order valence-electron chi connectivity index (χ1n) is 5.53. The third-order valence-electron chi connectivity index (χ3n) is 3.80. The Morgan fingerprint density at radius 3 is 2.80 bits per heavy atom. The van der Waals surface area contributed by atoms with Crippen molar-refractivity contribution in [3.8, 4) is 0 Å². The van der Waals surface area contributed by atoms with Crippen molar-refractivity contribution in [1.82, 2.24) is 9.88 Å². The van der Waals surface area contributed by atoms with Gasteiger partial charge in [-0.25, -0.2) is 0 Å². The number of nitrogens with zero attached hydrogens (tertiary/aromatic N) is 1. The first kappa shape index (κ1) is 10.7. The molecule has 0 bridgehead atoms. The van der Waals surface area contributed by atoms with Gasteiger partial charge in [0.1, 0.15) is 0 Å². The standard InChI is InChI=1S/C12H20N2O/c1-12(2)10(7-11(12)15)13-8-9-5-4-6-14(9)3/h4-6,10-11,13,15H,7-8H2,1-3H3. The molecule has 84 valence electrons. The molecule has 0 spiro atoms. The third kappa shape index (κ3) is 1.82. The molecule has 15 heavy (non-hydrogen) atoms. The number of aromatic nitrogens is 1. The monoisotopic (exact) mass is 208 g/mol. The molecule has 0 amide bonds. The lowest BCUT2D eigenvalue weighted by molar-refractivity contribution is -0.0731. The molecular formula is C12H20N2O. The number of nitrogens with one attached hydrogen (secondary N) is 1. The van der Waals surface area contributed by atoms with E-state index in [-0.39, 0.29) is 11.5 Å². The smallest absolute Gasteiger partial charge is 0.0621 e. The van der Waals surface area contributed by atoms with E-state index >= 15 is 0 Å². The van der Waals surface area contributed by atoms with Crippen molar-refractivity contribution in [3.05, 3.63) is 24.0 Å². The van der Waals surface area contributed by atoms with Gasteiger partial charge in [-0.2, -0.15) is 0 Å². The van der Waals surface area contributed by atoms with Crippen molar-refractivity contribution in [2.75, 3.05) is 0 Å². The lowest BCUT2D eigenvalue weighted by atomic mass is 9.64. The molecule has 0 aliphatic heterocycles. The van der Waals surface area contributed by atoms with Crippen molar-refractivity contribution in [2.24, 2.45) is 12.5 Å². The second-order valence-electron chi connectivity index (χ2n) is 5.12. The summed E-state index contributed by atoms with van der Waals surface area (Å²) < 4.78 is 2.12. The molecule has 1 saturated carbocycles. The number of aliphatic hydroxyl groups is 1. The lowest BCUT2D eigenvalue weighted by Crippen LogP contribution is -2.59. The number of rotatable bonds is 3. The maximum absolute atomic E-state index is 9.61. The van der Waals surface area contributed by atoms with E-state index in [2.05, 4.69) is 49.1 Å². The average molecular weight is 208 g/mol. The maximum Gasteiger partial charge on any atom is 0.0621 e. The minimum Gasteiger partial charge on any atom is -0.392 e. The van der Waals surface area contributed by atoms with Crippen LogP contribution >= 0.6 is 0 Å². The number of aliphatic hydroxyl groups excluding tert-OH is 1. The fourth-order valence-electron chi connectivity index (χ4n) is 2.16. The molecule has 2 N–H and O–H groups in total. The van der Waals surface area contributed by atoms with E-state index < -0.39 is 0 Å². The predicted octanol–water partition coefficient (Wildman–Crippen LogP) is 1.27. The predicted molar refractivity (Wildman–Crippen MR) is 60.4 cm³/mol. The zero-order valence-electron chi connectivity index (χ0n) is 9.70. The van der Waals surface area contributed by atoms with Crippen molar-refractivity contribution in [1.29, 1.82) is 0 Å². The highest BCUT2D eigenvalue weighted by atomic mass is 16.3. The van der Waals surface area contributed by atoms with Crippen LogP contribution in [-0.4, -0.2) is 21.8 Å². The first-order valence-corrected chi connectivity index (χ1v) is 5.53. The van der Waals surface area contributed by atoms with Crippen LogP contribution in [0, 0.1) is 5.41 Å². The molecule has 0 radical (unpaired) electrons. The first-order chi connectivity index (χ1) is 7.01. The third-order valence-corrected chi connectivity index (χ3v) is 3.80. The van der Waals surface area contributed by atoms with Gasteiger partial charge < -0.3 is 15.0 Å². The summed E-state index contributed by atoms with van der Waals surface area (Å²) in [5, 5.41) is 13.1. The zero-order valence-corrected chi connectivity index (χ0v) is 9.70. The summed E-state index contributed by atoms with van der Waals surface area (Å²) in [4.78, 5) is 0. The fraction of sp³-hybridized carbons (Fsp3) is 0.667. The van der Waals surface area contributed by atoms with Crippen molar-refractivity contribution in [2.45, 2.75) is 39.0 Å². The minimum absolute atomic E-state index is 0.0190. The molecule has 1 fully saturated rings. The largest absolute Gasteiger partial charge is 0.392 e. The topological polar surface area (TPSA) is 37.2 Å². The van der Waals surface area contributed by atoms with E-state index in [0.717, 1.165) is 13.0 Å². The molecule has 2 atom stereocenters. The zero-order chi connectivity index (χ0) is 11.1. The Morgan fingerprint density at radius 1 is 1.60 bits per heavy atom. The summed E-state index contributed by atoms with van der Waals surface area (Å²) in [6, 6.07) is 4.61. The molecule has 3 heteroatoms. The molecule has 2 rings (SSSR count). The SMILES string of the molecule is Cn1cccc1CNC1CC(O)C1(C)C. The van der Waals surface area contributed by atoms with Gasteiger partial charge in [0.25, 0.3) is 0 Å². The van der Waals surface area contributed by atoms with Gasteiger partial charge in [-0.3, -0.25) is 0 Å². The average Bonchev–Trinajstić information content (AvgIpc) is 2.58. The van der Waals surface area contributed by atoms with Crippen LogP contribution in [0.3, 0.4) is 0 Å². The maximum atomic E-state index is 9.61. The van der Waals surface area contributed by atoms with Crippen molar-refractivity contribution < 1.29 is 5.11 Å². The molecule has 1 aliphatic carbocycles. The minimum atomic E-state index is -0.150. The van der Waals surface area contributed by atoms with Crippen LogP contribution in [0.1, 0.15) is 26.0 Å². The molecule has 0 aromatic carbocycles. The van der Waals surface area contributed by atoms with Crippen LogP contribution in [0.25, 0.3) is 0 Å². The Morgan fingerprint density at radius 2 is 2.33 bits per heavy atom. The molecule has 1 aliphatic rings. The number of hydrogen-bond donors (Lipinski definition) is 2. The van der Waals surface area contributed by atoms with E-state index in [4.69, 9.17) is 0 Å². The quantitative estimate of drug-likeness (QED) is 0.785. The van der Waals surface area contributed by atoms with E-state index in [1.807, 2.05) is 0 Å². The Hall–Kier alpha value is -0.800. The van der Waals surface area contributed by atoms with E-state index in [0.29, 0.717) is 6.04 Å². The summed E-state index contributed by atoms with van der Waals surface area (Å²) in [7, 11) is 2.05. The van der Waals surface area contributed by atoms with Crippen LogP contribution in [0.15, 0.2) is 18.3 Å². The molecular weight excluding hydrogens is 188 g/mol. The Balaban J connectivity index is 1.88. The molecule has 1 aromatic rings. The number of hydrogen-bond acceptors (Lipinski definition) is 2. The van der Waals surface area contributed by atoms with Gasteiger partial charge in [0.05, 0.1) is 6.10 Å². The van der Waals surface area contributed by atoms with Gasteiger partial charge in [-0.15, -0.1) is 0 Å². The van der Waals surface area contributed by atoms with Crippen molar-refractivity contribution in [3.63, 3.8) is 0 Å². The Bertz CT molecular complexity index is 343. The summed E-state index contributed by atoms with van der Waals surface area (Å²) in [6.45, 7) is 5.11. The van der Waals surface area contributed by atoms with Gasteiger partial charge >= 0.3 is 0 Å². The van der Waals surface area contributed by atoms with Crippen LogP contribution < -0.4 is 5.32 Å². The van der Waals surface area contributed by atoms with Crippen LogP contribution in [0.4, 0.5) is 0 Å². The van der Waals surface area contributed by atoms with Crippen LogP contribution in [-0.2, 0) is 13.6 Å². The van der Waals surface area contributed by atoms with Crippen LogP contribution in [0.2, 0.25) is 0 Å². The molecule has 3 nitrogen and oxygen atoms in total. The second-order valence-corrected chi connectivity index (χ2v) is 5.12. The normalized spacial score (nSPS) is 28.8. The Kier molecular flexibility index (Phi) is 2.61. The molecule has 1 heterocycles. The summed E-state index contributed by atoms with van der Waals surface area (Å²) >= 11 is 0. The summed E-state index contributed by atoms with van der Waals surface area (Å²) in [6.07, 6.45) is 2.78. The lowest BCUT2D eigenvalue weighted by Gasteiger charge is -2.49. The van der Waals surface area contributed by atoms with Gasteiger partial charge in [-0.05, 0) is 18.6 Å². The highest BCUT2D eigenvalue weighted by Gasteiger charge is 2.46. The van der Waals surface area contributed by atoms with Crippen LogP contribution in [0.5, 0.6) is 0 Å². The highest BCUT2D eigenvalue weighted by Crippen LogP contribution is 2.40. The highest BCUT2D eigenvalue weighted by molar-refractivity contribution is 5.08. The van der Waals surface area contributed by atoms with Gasteiger partial charge in [0.15, 0.2) is 0 Å². The van der Waals surface area contributed by atoms with Gasteiger partial charge in [0, 0.05) is 36.9 Å².